The summed E-state index contributed by atoms with van der Waals surface area (Å²) in [5.41, 5.74) is 5.68. The summed E-state index contributed by atoms with van der Waals surface area (Å²) in [6, 6.07) is 14.4. The molecule has 1 aliphatic rings. The zero-order valence-electron chi connectivity index (χ0n) is 13.1. The fourth-order valence-electron chi connectivity index (χ4n) is 3.22. The molecule has 2 N–H and O–H groups in total. The van der Waals surface area contributed by atoms with Gasteiger partial charge in [-0.25, -0.2) is 4.79 Å². The number of benzene rings is 2. The summed E-state index contributed by atoms with van der Waals surface area (Å²) in [5, 5.41) is 6.13. The quantitative estimate of drug-likeness (QED) is 0.841. The van der Waals surface area contributed by atoms with Crippen molar-refractivity contribution in [2.45, 2.75) is 39.2 Å². The average molecular weight is 294 g/mol. The number of carbonyl (C=O) groups excluding carboxylic acids is 1. The molecule has 3 heteroatoms. The lowest BCUT2D eigenvalue weighted by atomic mass is 9.88. The zero-order chi connectivity index (χ0) is 15.5. The lowest BCUT2D eigenvalue weighted by Crippen LogP contribution is -2.34. The first-order valence-electron chi connectivity index (χ1n) is 7.86. The molecule has 22 heavy (non-hydrogen) atoms. The van der Waals surface area contributed by atoms with Crippen LogP contribution in [0, 0.1) is 13.8 Å². The monoisotopic (exact) mass is 294 g/mol. The Morgan fingerprint density at radius 2 is 1.77 bits per heavy atom. The second kappa shape index (κ2) is 6.22. The molecule has 0 aliphatic heterocycles. The molecule has 0 fully saturated rings. The Bertz CT molecular complexity index is 673. The Labute approximate surface area is 131 Å². The van der Waals surface area contributed by atoms with Gasteiger partial charge in [-0.05, 0) is 55.4 Å². The van der Waals surface area contributed by atoms with Gasteiger partial charge < -0.3 is 10.6 Å². The molecule has 114 valence electrons. The molecule has 0 saturated carbocycles. The highest BCUT2D eigenvalue weighted by Gasteiger charge is 2.21. The zero-order valence-corrected chi connectivity index (χ0v) is 13.1. The molecule has 1 aliphatic carbocycles. The minimum atomic E-state index is -0.126. The second-order valence-electron chi connectivity index (χ2n) is 6.01. The van der Waals surface area contributed by atoms with Crippen LogP contribution in [0.15, 0.2) is 42.5 Å². The number of para-hydroxylation sites is 1. The van der Waals surface area contributed by atoms with Gasteiger partial charge >= 0.3 is 6.03 Å². The minimum Gasteiger partial charge on any atom is -0.331 e. The number of amides is 2. The maximum atomic E-state index is 12.4. The number of fused-ring (bicyclic) bond motifs is 1. The molecule has 3 nitrogen and oxygen atoms in total. The van der Waals surface area contributed by atoms with Crippen molar-refractivity contribution in [3.8, 4) is 0 Å². The van der Waals surface area contributed by atoms with Gasteiger partial charge in [-0.2, -0.15) is 0 Å². The SMILES string of the molecule is Cc1cccc(C)c1NC(=O)NC1CCCc2ccccc21. The largest absolute Gasteiger partial charge is 0.331 e. The van der Waals surface area contributed by atoms with Crippen molar-refractivity contribution in [3.63, 3.8) is 0 Å². The van der Waals surface area contributed by atoms with Gasteiger partial charge in [0.25, 0.3) is 0 Å². The van der Waals surface area contributed by atoms with E-state index < -0.39 is 0 Å². The molecule has 1 unspecified atom stereocenters. The van der Waals surface area contributed by atoms with Crippen LogP contribution in [-0.2, 0) is 6.42 Å². The van der Waals surface area contributed by atoms with Crippen LogP contribution in [0.1, 0.15) is 41.1 Å². The molecule has 0 spiro atoms. The fraction of sp³-hybridized carbons (Fsp3) is 0.316. The molecule has 1 atom stereocenters. The number of urea groups is 1. The maximum Gasteiger partial charge on any atom is 0.319 e. The Morgan fingerprint density at radius 3 is 2.55 bits per heavy atom. The maximum absolute atomic E-state index is 12.4. The number of nitrogens with one attached hydrogen (secondary N) is 2. The Kier molecular flexibility index (Phi) is 4.14. The van der Waals surface area contributed by atoms with Crippen LogP contribution in [0.3, 0.4) is 0 Å². The van der Waals surface area contributed by atoms with Crippen molar-refractivity contribution in [1.29, 1.82) is 0 Å². The molecule has 0 radical (unpaired) electrons. The summed E-state index contributed by atoms with van der Waals surface area (Å²) in [4.78, 5) is 12.4. The van der Waals surface area contributed by atoms with Crippen molar-refractivity contribution in [1.82, 2.24) is 5.32 Å². The van der Waals surface area contributed by atoms with E-state index in [1.165, 1.54) is 11.1 Å². The Morgan fingerprint density at radius 1 is 1.05 bits per heavy atom. The summed E-state index contributed by atoms with van der Waals surface area (Å²) in [7, 11) is 0. The third kappa shape index (κ3) is 2.98. The first kappa shape index (κ1) is 14.6. The molecule has 0 bridgehead atoms. The number of hydrogen-bond donors (Lipinski definition) is 2. The lowest BCUT2D eigenvalue weighted by Gasteiger charge is -2.26. The fourth-order valence-corrected chi connectivity index (χ4v) is 3.22. The molecule has 2 aromatic carbocycles. The predicted octanol–water partition coefficient (Wildman–Crippen LogP) is 4.50. The van der Waals surface area contributed by atoms with Gasteiger partial charge in [0, 0.05) is 5.69 Å². The van der Waals surface area contributed by atoms with Gasteiger partial charge in [-0.3, -0.25) is 0 Å². The third-order valence-electron chi connectivity index (χ3n) is 4.39. The van der Waals surface area contributed by atoms with E-state index in [1.807, 2.05) is 38.1 Å². The van der Waals surface area contributed by atoms with E-state index in [2.05, 4.69) is 28.8 Å². The Balaban J connectivity index is 1.73. The van der Waals surface area contributed by atoms with Crippen LogP contribution in [0.4, 0.5) is 10.5 Å². The topological polar surface area (TPSA) is 41.1 Å². The highest BCUT2D eigenvalue weighted by atomic mass is 16.2. The molecule has 0 aromatic heterocycles. The highest BCUT2D eigenvalue weighted by molar-refractivity contribution is 5.91. The first-order valence-corrected chi connectivity index (χ1v) is 7.86. The molecule has 0 saturated heterocycles. The first-order chi connectivity index (χ1) is 10.6. The number of hydrogen-bond acceptors (Lipinski definition) is 1. The van der Waals surface area contributed by atoms with Crippen LogP contribution < -0.4 is 10.6 Å². The second-order valence-corrected chi connectivity index (χ2v) is 6.01. The smallest absolute Gasteiger partial charge is 0.319 e. The van der Waals surface area contributed by atoms with Gasteiger partial charge in [-0.15, -0.1) is 0 Å². The van der Waals surface area contributed by atoms with Crippen LogP contribution in [-0.4, -0.2) is 6.03 Å². The van der Waals surface area contributed by atoms with E-state index in [1.54, 1.807) is 0 Å². The predicted molar refractivity (Wildman–Crippen MR) is 90.2 cm³/mol. The van der Waals surface area contributed by atoms with Crippen molar-refractivity contribution in [3.05, 3.63) is 64.7 Å². The summed E-state index contributed by atoms with van der Waals surface area (Å²) < 4.78 is 0. The average Bonchev–Trinajstić information content (AvgIpc) is 2.51. The van der Waals surface area contributed by atoms with E-state index in [4.69, 9.17) is 0 Å². The van der Waals surface area contributed by atoms with Gasteiger partial charge in [0.15, 0.2) is 0 Å². The third-order valence-corrected chi connectivity index (χ3v) is 4.39. The van der Waals surface area contributed by atoms with Crippen LogP contribution >= 0.6 is 0 Å². The van der Waals surface area contributed by atoms with Crippen molar-refractivity contribution >= 4 is 11.7 Å². The van der Waals surface area contributed by atoms with E-state index >= 15 is 0 Å². The number of aryl methyl sites for hydroxylation is 3. The summed E-state index contributed by atoms with van der Waals surface area (Å²) in [6.07, 6.45) is 3.22. The van der Waals surface area contributed by atoms with Gasteiger partial charge in [0.1, 0.15) is 0 Å². The van der Waals surface area contributed by atoms with Crippen LogP contribution in [0.2, 0.25) is 0 Å². The standard InChI is InChI=1S/C19H22N2O/c1-13-7-5-8-14(2)18(13)21-19(22)20-17-12-6-10-15-9-3-4-11-16(15)17/h3-5,7-9,11,17H,6,10,12H2,1-2H3,(H2,20,21,22). The summed E-state index contributed by atoms with van der Waals surface area (Å²) in [5.74, 6) is 0. The molecule has 0 heterocycles. The normalized spacial score (nSPS) is 16.7. The number of rotatable bonds is 2. The molecular weight excluding hydrogens is 272 g/mol. The number of anilines is 1. The molecule has 2 aromatic rings. The van der Waals surface area contributed by atoms with Crippen LogP contribution in [0.25, 0.3) is 0 Å². The number of carbonyl (C=O) groups is 1. The molecule has 3 rings (SSSR count). The van der Waals surface area contributed by atoms with E-state index in [-0.39, 0.29) is 12.1 Å². The molecular formula is C19H22N2O. The van der Waals surface area contributed by atoms with Crippen molar-refractivity contribution < 1.29 is 4.79 Å². The van der Waals surface area contributed by atoms with Gasteiger partial charge in [0.05, 0.1) is 6.04 Å². The summed E-state index contributed by atoms with van der Waals surface area (Å²) in [6.45, 7) is 4.02. The van der Waals surface area contributed by atoms with E-state index in [9.17, 15) is 4.79 Å². The van der Waals surface area contributed by atoms with Crippen molar-refractivity contribution in [2.24, 2.45) is 0 Å². The highest BCUT2D eigenvalue weighted by Crippen LogP contribution is 2.29. The van der Waals surface area contributed by atoms with Gasteiger partial charge in [0.2, 0.25) is 0 Å². The lowest BCUT2D eigenvalue weighted by molar-refractivity contribution is 0.247. The van der Waals surface area contributed by atoms with E-state index in [0.717, 1.165) is 36.1 Å². The van der Waals surface area contributed by atoms with Crippen LogP contribution in [0.5, 0.6) is 0 Å². The minimum absolute atomic E-state index is 0.106. The van der Waals surface area contributed by atoms with Crippen molar-refractivity contribution in [2.75, 3.05) is 5.32 Å². The summed E-state index contributed by atoms with van der Waals surface area (Å²) >= 11 is 0. The van der Waals surface area contributed by atoms with E-state index in [0.29, 0.717) is 0 Å². The van der Waals surface area contributed by atoms with Gasteiger partial charge in [-0.1, -0.05) is 42.5 Å². The molecule has 2 amide bonds. The Hall–Kier alpha value is -2.29.